The van der Waals surface area contributed by atoms with Gasteiger partial charge in [-0.3, -0.25) is 0 Å². The molecule has 0 saturated heterocycles. The maximum Gasteiger partial charge on any atom is 0.513 e. The van der Waals surface area contributed by atoms with E-state index in [1.54, 1.807) is 6.92 Å². The molecular weight excluding hydrogens is 200 g/mol. The summed E-state index contributed by atoms with van der Waals surface area (Å²) in [6, 6.07) is 4.16. The first kappa shape index (κ1) is 11.2. The molecule has 82 valence electrons. The van der Waals surface area contributed by atoms with Crippen LogP contribution in [0.4, 0.5) is 4.79 Å². The predicted octanol–water partition coefficient (Wildman–Crippen LogP) is 1.94. The number of phenols is 1. The van der Waals surface area contributed by atoms with E-state index in [0.29, 0.717) is 5.75 Å². The molecule has 0 unspecified atom stereocenters. The largest absolute Gasteiger partial charge is 0.513 e. The van der Waals surface area contributed by atoms with E-state index in [1.807, 2.05) is 0 Å². The molecule has 0 heterocycles. The molecule has 0 aliphatic heterocycles. The highest BCUT2D eigenvalue weighted by molar-refractivity contribution is 5.64. The van der Waals surface area contributed by atoms with Crippen molar-refractivity contribution in [3.63, 3.8) is 0 Å². The number of hydrogen-bond donors (Lipinski definition) is 1. The standard InChI is InChI=1S/C10H12O5/c1-3-14-10(12)15-9-5-7(11)4-8(6-9)13-2/h4-6,11H,3H2,1-2H3. The molecule has 1 aromatic rings. The summed E-state index contributed by atoms with van der Waals surface area (Å²) in [5.41, 5.74) is 0. The zero-order chi connectivity index (χ0) is 11.3. The summed E-state index contributed by atoms with van der Waals surface area (Å²) in [4.78, 5) is 11.0. The van der Waals surface area contributed by atoms with Crippen LogP contribution < -0.4 is 9.47 Å². The Bertz CT molecular complexity index is 348. The van der Waals surface area contributed by atoms with Gasteiger partial charge in [0, 0.05) is 18.2 Å². The van der Waals surface area contributed by atoms with Crippen LogP contribution in [0.1, 0.15) is 6.92 Å². The number of benzene rings is 1. The van der Waals surface area contributed by atoms with Crippen LogP contribution in [-0.4, -0.2) is 25.0 Å². The molecule has 5 nitrogen and oxygen atoms in total. The van der Waals surface area contributed by atoms with Crippen LogP contribution in [0.2, 0.25) is 0 Å². The van der Waals surface area contributed by atoms with Crippen LogP contribution in [0.3, 0.4) is 0 Å². The molecule has 0 aliphatic rings. The van der Waals surface area contributed by atoms with Crippen molar-refractivity contribution in [3.8, 4) is 17.2 Å². The molecule has 0 saturated carbocycles. The molecular formula is C10H12O5. The average molecular weight is 212 g/mol. The molecule has 1 aromatic carbocycles. The lowest BCUT2D eigenvalue weighted by atomic mass is 10.3. The van der Waals surface area contributed by atoms with Gasteiger partial charge in [-0.25, -0.2) is 4.79 Å². The fourth-order valence-electron chi connectivity index (χ4n) is 0.977. The van der Waals surface area contributed by atoms with Gasteiger partial charge < -0.3 is 19.3 Å². The van der Waals surface area contributed by atoms with Crippen molar-refractivity contribution in [2.24, 2.45) is 0 Å². The third-order valence-corrected chi connectivity index (χ3v) is 1.56. The fourth-order valence-corrected chi connectivity index (χ4v) is 0.977. The molecule has 0 bridgehead atoms. The Labute approximate surface area is 87.2 Å². The number of ether oxygens (including phenoxy) is 3. The van der Waals surface area contributed by atoms with Gasteiger partial charge >= 0.3 is 6.16 Å². The summed E-state index contributed by atoms with van der Waals surface area (Å²) in [6.45, 7) is 1.90. The second-order valence-corrected chi connectivity index (χ2v) is 2.65. The summed E-state index contributed by atoms with van der Waals surface area (Å²) in [5, 5.41) is 9.26. The molecule has 5 heteroatoms. The molecule has 1 N–H and O–H groups in total. The Morgan fingerprint density at radius 3 is 2.60 bits per heavy atom. The third-order valence-electron chi connectivity index (χ3n) is 1.56. The predicted molar refractivity (Wildman–Crippen MR) is 52.3 cm³/mol. The van der Waals surface area contributed by atoms with E-state index >= 15 is 0 Å². The summed E-state index contributed by atoms with van der Waals surface area (Å²) in [5.74, 6) is 0.522. The lowest BCUT2D eigenvalue weighted by molar-refractivity contribution is 0.104. The maximum atomic E-state index is 11.0. The van der Waals surface area contributed by atoms with Gasteiger partial charge in [0.15, 0.2) is 0 Å². The topological polar surface area (TPSA) is 65.0 Å². The van der Waals surface area contributed by atoms with E-state index < -0.39 is 6.16 Å². The van der Waals surface area contributed by atoms with Crippen molar-refractivity contribution in [2.75, 3.05) is 13.7 Å². The molecule has 0 aromatic heterocycles. The Kier molecular flexibility index (Phi) is 3.79. The SMILES string of the molecule is CCOC(=O)Oc1cc(O)cc(OC)c1. The molecule has 0 amide bonds. The first-order valence-electron chi connectivity index (χ1n) is 4.38. The highest BCUT2D eigenvalue weighted by Crippen LogP contribution is 2.26. The number of rotatable bonds is 3. The van der Waals surface area contributed by atoms with E-state index in [2.05, 4.69) is 4.74 Å². The van der Waals surface area contributed by atoms with E-state index in [9.17, 15) is 9.90 Å². The molecule has 0 spiro atoms. The van der Waals surface area contributed by atoms with Crippen LogP contribution in [-0.2, 0) is 4.74 Å². The summed E-state index contributed by atoms with van der Waals surface area (Å²) < 4.78 is 14.2. The van der Waals surface area contributed by atoms with Crippen molar-refractivity contribution in [2.45, 2.75) is 6.92 Å². The van der Waals surface area contributed by atoms with Crippen LogP contribution >= 0.6 is 0 Å². The number of aromatic hydroxyl groups is 1. The minimum absolute atomic E-state index is 0.0475. The van der Waals surface area contributed by atoms with Gasteiger partial charge in [-0.05, 0) is 6.92 Å². The van der Waals surface area contributed by atoms with Crippen LogP contribution in [0.25, 0.3) is 0 Å². The molecule has 0 atom stereocenters. The normalized spacial score (nSPS) is 9.47. The van der Waals surface area contributed by atoms with Gasteiger partial charge in [0.05, 0.1) is 13.7 Å². The minimum atomic E-state index is -0.815. The van der Waals surface area contributed by atoms with Crippen LogP contribution in [0, 0.1) is 0 Å². The molecule has 15 heavy (non-hydrogen) atoms. The third kappa shape index (κ3) is 3.38. The number of methoxy groups -OCH3 is 1. The van der Waals surface area contributed by atoms with Crippen molar-refractivity contribution in [3.05, 3.63) is 18.2 Å². The van der Waals surface area contributed by atoms with Crippen LogP contribution in [0.15, 0.2) is 18.2 Å². The van der Waals surface area contributed by atoms with Gasteiger partial charge in [0.1, 0.15) is 17.2 Å². The Balaban J connectivity index is 2.76. The quantitative estimate of drug-likeness (QED) is 0.612. The highest BCUT2D eigenvalue weighted by Gasteiger charge is 2.07. The Hall–Kier alpha value is -1.91. The average Bonchev–Trinajstić information content (AvgIpc) is 2.17. The van der Waals surface area contributed by atoms with Gasteiger partial charge in [-0.15, -0.1) is 0 Å². The van der Waals surface area contributed by atoms with Gasteiger partial charge in [0.2, 0.25) is 0 Å². The molecule has 1 rings (SSSR count). The molecule has 0 aliphatic carbocycles. The fraction of sp³-hybridized carbons (Fsp3) is 0.300. The second kappa shape index (κ2) is 5.09. The highest BCUT2D eigenvalue weighted by atomic mass is 16.7. The van der Waals surface area contributed by atoms with Crippen molar-refractivity contribution in [1.82, 2.24) is 0 Å². The zero-order valence-corrected chi connectivity index (χ0v) is 8.52. The van der Waals surface area contributed by atoms with E-state index in [1.165, 1.54) is 25.3 Å². The summed E-state index contributed by atoms with van der Waals surface area (Å²) >= 11 is 0. The molecule has 0 fully saturated rings. The van der Waals surface area contributed by atoms with E-state index in [0.717, 1.165) is 0 Å². The van der Waals surface area contributed by atoms with Crippen molar-refractivity contribution >= 4 is 6.16 Å². The monoisotopic (exact) mass is 212 g/mol. The minimum Gasteiger partial charge on any atom is -0.508 e. The van der Waals surface area contributed by atoms with Crippen molar-refractivity contribution < 1.29 is 24.1 Å². The number of carbonyl (C=O) groups is 1. The number of carbonyl (C=O) groups excluding carboxylic acids is 1. The van der Waals surface area contributed by atoms with Crippen LogP contribution in [0.5, 0.6) is 17.2 Å². The summed E-state index contributed by atoms with van der Waals surface area (Å²) in [7, 11) is 1.45. The zero-order valence-electron chi connectivity index (χ0n) is 8.52. The second-order valence-electron chi connectivity index (χ2n) is 2.65. The smallest absolute Gasteiger partial charge is 0.508 e. The van der Waals surface area contributed by atoms with E-state index in [4.69, 9.17) is 9.47 Å². The molecule has 0 radical (unpaired) electrons. The maximum absolute atomic E-state index is 11.0. The van der Waals surface area contributed by atoms with Gasteiger partial charge in [-0.1, -0.05) is 0 Å². The van der Waals surface area contributed by atoms with Gasteiger partial charge in [0.25, 0.3) is 0 Å². The first-order chi connectivity index (χ1) is 7.15. The number of hydrogen-bond acceptors (Lipinski definition) is 5. The van der Waals surface area contributed by atoms with E-state index in [-0.39, 0.29) is 18.1 Å². The van der Waals surface area contributed by atoms with Crippen molar-refractivity contribution in [1.29, 1.82) is 0 Å². The number of phenolic OH excluding ortho intramolecular Hbond substituents is 1. The van der Waals surface area contributed by atoms with Gasteiger partial charge in [-0.2, -0.15) is 0 Å². The Morgan fingerprint density at radius 1 is 1.33 bits per heavy atom. The first-order valence-corrected chi connectivity index (χ1v) is 4.38. The Morgan fingerprint density at radius 2 is 2.00 bits per heavy atom. The lowest BCUT2D eigenvalue weighted by Crippen LogP contribution is -2.09. The summed E-state index contributed by atoms with van der Waals surface area (Å²) in [6.07, 6.45) is -0.815. The lowest BCUT2D eigenvalue weighted by Gasteiger charge is -2.06.